The monoisotopic (exact) mass is 218 g/mol. The molecular formula is C12H14N2S. The van der Waals surface area contributed by atoms with Gasteiger partial charge >= 0.3 is 0 Å². The molecule has 0 spiro atoms. The quantitative estimate of drug-likeness (QED) is 0.840. The maximum atomic E-state index is 5.83. The predicted octanol–water partition coefficient (Wildman–Crippen LogP) is 3.26. The molecule has 1 aromatic carbocycles. The lowest BCUT2D eigenvalue weighted by atomic mass is 10.1. The van der Waals surface area contributed by atoms with Crippen LogP contribution in [0.25, 0.3) is 10.6 Å². The summed E-state index contributed by atoms with van der Waals surface area (Å²) < 4.78 is 0. The van der Waals surface area contributed by atoms with Crippen molar-refractivity contribution in [3.05, 3.63) is 35.5 Å². The van der Waals surface area contributed by atoms with Gasteiger partial charge < -0.3 is 5.73 Å². The Morgan fingerprint density at radius 1 is 1.33 bits per heavy atom. The van der Waals surface area contributed by atoms with Gasteiger partial charge in [-0.25, -0.2) is 4.98 Å². The van der Waals surface area contributed by atoms with Gasteiger partial charge in [0.1, 0.15) is 10.0 Å². The zero-order valence-corrected chi connectivity index (χ0v) is 9.77. The maximum absolute atomic E-state index is 5.83. The van der Waals surface area contributed by atoms with Crippen molar-refractivity contribution < 1.29 is 0 Å². The third-order valence-electron chi connectivity index (χ3n) is 2.46. The molecule has 0 radical (unpaired) electrons. The summed E-state index contributed by atoms with van der Waals surface area (Å²) >= 11 is 1.56. The molecule has 0 aliphatic heterocycles. The number of aromatic nitrogens is 1. The van der Waals surface area contributed by atoms with Crippen molar-refractivity contribution in [3.8, 4) is 10.6 Å². The number of thiazole rings is 1. The van der Waals surface area contributed by atoms with E-state index in [1.807, 2.05) is 13.0 Å². The molecule has 0 fully saturated rings. The van der Waals surface area contributed by atoms with Gasteiger partial charge in [0.2, 0.25) is 0 Å². The van der Waals surface area contributed by atoms with Crippen molar-refractivity contribution in [1.82, 2.24) is 4.98 Å². The van der Waals surface area contributed by atoms with E-state index in [0.717, 1.165) is 22.1 Å². The fourth-order valence-corrected chi connectivity index (χ4v) is 2.45. The second-order valence-corrected chi connectivity index (χ2v) is 4.51. The van der Waals surface area contributed by atoms with E-state index in [9.17, 15) is 0 Å². The Bertz CT molecular complexity index is 455. The summed E-state index contributed by atoms with van der Waals surface area (Å²) in [7, 11) is 0. The first kappa shape index (κ1) is 10.2. The van der Waals surface area contributed by atoms with E-state index in [-0.39, 0.29) is 0 Å². The van der Waals surface area contributed by atoms with Crippen LogP contribution < -0.4 is 5.73 Å². The molecule has 78 valence electrons. The highest BCUT2D eigenvalue weighted by Crippen LogP contribution is 2.31. The van der Waals surface area contributed by atoms with E-state index in [4.69, 9.17) is 5.73 Å². The van der Waals surface area contributed by atoms with Crippen molar-refractivity contribution in [1.29, 1.82) is 0 Å². The van der Waals surface area contributed by atoms with Gasteiger partial charge in [-0.1, -0.05) is 42.5 Å². The molecule has 1 aromatic heterocycles. The Morgan fingerprint density at radius 3 is 2.67 bits per heavy atom. The van der Waals surface area contributed by atoms with Gasteiger partial charge in [-0.05, 0) is 18.9 Å². The highest BCUT2D eigenvalue weighted by molar-refractivity contribution is 7.18. The Labute approximate surface area is 93.8 Å². The molecule has 3 heteroatoms. The average Bonchev–Trinajstić information content (AvgIpc) is 2.59. The SMILES string of the molecule is CCc1ccccc1-c1nc(C)c(N)s1. The number of aryl methyl sites for hydroxylation is 2. The summed E-state index contributed by atoms with van der Waals surface area (Å²) in [6, 6.07) is 8.35. The smallest absolute Gasteiger partial charge is 0.125 e. The van der Waals surface area contributed by atoms with Crippen molar-refractivity contribution in [2.45, 2.75) is 20.3 Å². The van der Waals surface area contributed by atoms with E-state index >= 15 is 0 Å². The Kier molecular flexibility index (Phi) is 2.73. The number of benzene rings is 1. The van der Waals surface area contributed by atoms with E-state index in [0.29, 0.717) is 0 Å². The van der Waals surface area contributed by atoms with E-state index in [2.05, 4.69) is 30.1 Å². The molecule has 0 atom stereocenters. The highest BCUT2D eigenvalue weighted by atomic mass is 32.1. The molecule has 0 aliphatic carbocycles. The van der Waals surface area contributed by atoms with Crippen LogP contribution in [-0.2, 0) is 6.42 Å². The molecule has 1 heterocycles. The predicted molar refractivity (Wildman–Crippen MR) is 66.1 cm³/mol. The van der Waals surface area contributed by atoms with Crippen LogP contribution in [0.5, 0.6) is 0 Å². The molecule has 0 amide bonds. The number of anilines is 1. The minimum absolute atomic E-state index is 0.816. The molecule has 2 aromatic rings. The molecule has 0 unspecified atom stereocenters. The number of nitrogen functional groups attached to an aromatic ring is 1. The number of hydrogen-bond donors (Lipinski definition) is 1. The van der Waals surface area contributed by atoms with Crippen LogP contribution in [0.15, 0.2) is 24.3 Å². The number of nitrogens with zero attached hydrogens (tertiary/aromatic N) is 1. The maximum Gasteiger partial charge on any atom is 0.125 e. The second-order valence-electron chi connectivity index (χ2n) is 3.48. The van der Waals surface area contributed by atoms with Crippen molar-refractivity contribution in [2.24, 2.45) is 0 Å². The van der Waals surface area contributed by atoms with Crippen LogP contribution in [0.1, 0.15) is 18.2 Å². The molecule has 2 N–H and O–H groups in total. The minimum atomic E-state index is 0.816. The third kappa shape index (κ3) is 1.88. The molecule has 0 aliphatic rings. The standard InChI is InChI=1S/C12H14N2S/c1-3-9-6-4-5-7-10(9)12-14-8(2)11(13)15-12/h4-7H,3,13H2,1-2H3. The third-order valence-corrected chi connectivity index (χ3v) is 3.48. The summed E-state index contributed by atoms with van der Waals surface area (Å²) in [6.45, 7) is 4.10. The number of rotatable bonds is 2. The Balaban J connectivity index is 2.53. The zero-order valence-electron chi connectivity index (χ0n) is 8.95. The van der Waals surface area contributed by atoms with E-state index in [1.165, 1.54) is 11.1 Å². The molecular weight excluding hydrogens is 204 g/mol. The summed E-state index contributed by atoms with van der Waals surface area (Å²) in [5.74, 6) is 0. The lowest BCUT2D eigenvalue weighted by molar-refractivity contribution is 1.14. The minimum Gasteiger partial charge on any atom is -0.389 e. The molecule has 2 rings (SSSR count). The van der Waals surface area contributed by atoms with Crippen LogP contribution in [-0.4, -0.2) is 4.98 Å². The summed E-state index contributed by atoms with van der Waals surface area (Å²) in [5.41, 5.74) is 9.29. The molecule has 2 nitrogen and oxygen atoms in total. The van der Waals surface area contributed by atoms with Gasteiger partial charge in [-0.2, -0.15) is 0 Å². The van der Waals surface area contributed by atoms with Gasteiger partial charge in [-0.3, -0.25) is 0 Å². The van der Waals surface area contributed by atoms with E-state index in [1.54, 1.807) is 11.3 Å². The normalized spacial score (nSPS) is 10.5. The average molecular weight is 218 g/mol. The second kappa shape index (κ2) is 4.03. The van der Waals surface area contributed by atoms with Gasteiger partial charge in [0, 0.05) is 5.56 Å². The van der Waals surface area contributed by atoms with Crippen molar-refractivity contribution >= 4 is 16.3 Å². The van der Waals surface area contributed by atoms with Crippen LogP contribution in [0.3, 0.4) is 0 Å². The first-order chi connectivity index (χ1) is 7.22. The first-order valence-corrected chi connectivity index (χ1v) is 5.85. The number of nitrogens with two attached hydrogens (primary N) is 1. The zero-order chi connectivity index (χ0) is 10.8. The first-order valence-electron chi connectivity index (χ1n) is 5.03. The van der Waals surface area contributed by atoms with Gasteiger partial charge in [0.25, 0.3) is 0 Å². The van der Waals surface area contributed by atoms with E-state index < -0.39 is 0 Å². The summed E-state index contributed by atoms with van der Waals surface area (Å²) in [6.07, 6.45) is 1.02. The lowest BCUT2D eigenvalue weighted by Crippen LogP contribution is -1.86. The molecule has 0 saturated heterocycles. The van der Waals surface area contributed by atoms with Gasteiger partial charge in [0.05, 0.1) is 5.69 Å². The molecule has 0 saturated carbocycles. The van der Waals surface area contributed by atoms with Crippen LogP contribution in [0.2, 0.25) is 0 Å². The van der Waals surface area contributed by atoms with Crippen LogP contribution >= 0.6 is 11.3 Å². The number of hydrogen-bond acceptors (Lipinski definition) is 3. The topological polar surface area (TPSA) is 38.9 Å². The molecule has 15 heavy (non-hydrogen) atoms. The highest BCUT2D eigenvalue weighted by Gasteiger charge is 2.09. The van der Waals surface area contributed by atoms with Crippen molar-refractivity contribution in [2.75, 3.05) is 5.73 Å². The van der Waals surface area contributed by atoms with Gasteiger partial charge in [0.15, 0.2) is 0 Å². The Morgan fingerprint density at radius 2 is 2.07 bits per heavy atom. The summed E-state index contributed by atoms with van der Waals surface area (Å²) in [4.78, 5) is 4.48. The fraction of sp³-hybridized carbons (Fsp3) is 0.250. The van der Waals surface area contributed by atoms with Gasteiger partial charge in [-0.15, -0.1) is 0 Å². The molecule has 0 bridgehead atoms. The van der Waals surface area contributed by atoms with Crippen LogP contribution in [0.4, 0.5) is 5.00 Å². The van der Waals surface area contributed by atoms with Crippen LogP contribution in [0, 0.1) is 6.92 Å². The lowest BCUT2D eigenvalue weighted by Gasteiger charge is -2.03. The summed E-state index contributed by atoms with van der Waals surface area (Å²) in [5, 5.41) is 1.85. The largest absolute Gasteiger partial charge is 0.389 e. The fourth-order valence-electron chi connectivity index (χ4n) is 1.56. The van der Waals surface area contributed by atoms with Crippen molar-refractivity contribution in [3.63, 3.8) is 0 Å². The Hall–Kier alpha value is -1.35.